The number of hydrogen-bond acceptors (Lipinski definition) is 4. The highest BCUT2D eigenvalue weighted by atomic mass is 16.6. The number of benzene rings is 1. The summed E-state index contributed by atoms with van der Waals surface area (Å²) < 4.78 is 10.9. The second kappa shape index (κ2) is 5.78. The Balaban J connectivity index is 1.48. The summed E-state index contributed by atoms with van der Waals surface area (Å²) >= 11 is 0. The molecule has 0 aromatic heterocycles. The maximum atomic E-state index is 11.8. The summed E-state index contributed by atoms with van der Waals surface area (Å²) in [5.41, 5.74) is 1.04. The molecular weight excluding hydrogens is 260 g/mol. The average Bonchev–Trinajstić information content (AvgIpc) is 3.02. The molecule has 3 N–H and O–H groups in total. The minimum Gasteiger partial charge on any atom is -0.388 e. The van der Waals surface area contributed by atoms with Gasteiger partial charge in [-0.2, -0.15) is 0 Å². The van der Waals surface area contributed by atoms with Gasteiger partial charge in [0.15, 0.2) is 0 Å². The van der Waals surface area contributed by atoms with Crippen molar-refractivity contribution >= 4 is 6.03 Å². The van der Waals surface area contributed by atoms with E-state index in [1.165, 1.54) is 0 Å². The highest BCUT2D eigenvalue weighted by Gasteiger charge is 2.47. The fourth-order valence-electron chi connectivity index (χ4n) is 2.60. The highest BCUT2D eigenvalue weighted by Crippen LogP contribution is 2.26. The largest absolute Gasteiger partial charge is 0.388 e. The molecule has 6 heteroatoms. The van der Waals surface area contributed by atoms with Crippen molar-refractivity contribution in [2.75, 3.05) is 13.2 Å². The highest BCUT2D eigenvalue weighted by molar-refractivity contribution is 5.74. The maximum absolute atomic E-state index is 11.8. The predicted octanol–water partition coefficient (Wildman–Crippen LogP) is 0.0129. The van der Waals surface area contributed by atoms with Crippen molar-refractivity contribution in [2.24, 2.45) is 0 Å². The first-order chi connectivity index (χ1) is 9.74. The third-order valence-electron chi connectivity index (χ3n) is 3.64. The molecule has 2 aliphatic rings. The second-order valence-corrected chi connectivity index (χ2v) is 5.08. The molecule has 0 bridgehead atoms. The smallest absolute Gasteiger partial charge is 0.315 e. The monoisotopic (exact) mass is 278 g/mol. The van der Waals surface area contributed by atoms with E-state index >= 15 is 0 Å². The van der Waals surface area contributed by atoms with Crippen LogP contribution in [0.4, 0.5) is 4.79 Å². The van der Waals surface area contributed by atoms with Crippen LogP contribution in [0.5, 0.6) is 0 Å². The summed E-state index contributed by atoms with van der Waals surface area (Å²) in [7, 11) is 0. The topological polar surface area (TPSA) is 79.8 Å². The van der Waals surface area contributed by atoms with E-state index in [4.69, 9.17) is 9.47 Å². The zero-order chi connectivity index (χ0) is 13.9. The average molecular weight is 278 g/mol. The predicted molar refractivity (Wildman–Crippen MR) is 71.1 cm³/mol. The molecule has 0 spiro atoms. The number of carbonyl (C=O) groups excluding carboxylic acids is 1. The molecule has 0 saturated carbocycles. The fourth-order valence-corrected chi connectivity index (χ4v) is 2.60. The minimum absolute atomic E-state index is 0.215. The number of aliphatic hydroxyl groups excluding tert-OH is 1. The van der Waals surface area contributed by atoms with E-state index in [2.05, 4.69) is 10.6 Å². The normalized spacial score (nSPS) is 31.9. The number of urea groups is 1. The van der Waals surface area contributed by atoms with Crippen LogP contribution in [-0.4, -0.2) is 48.7 Å². The van der Waals surface area contributed by atoms with Crippen molar-refractivity contribution in [2.45, 2.75) is 30.9 Å². The number of nitrogens with one attached hydrogen (secondary N) is 2. The van der Waals surface area contributed by atoms with Gasteiger partial charge < -0.3 is 25.2 Å². The van der Waals surface area contributed by atoms with Gasteiger partial charge in [0.25, 0.3) is 0 Å². The van der Waals surface area contributed by atoms with Crippen molar-refractivity contribution in [3.8, 4) is 0 Å². The Kier molecular flexibility index (Phi) is 3.86. The van der Waals surface area contributed by atoms with Crippen LogP contribution >= 0.6 is 0 Å². The summed E-state index contributed by atoms with van der Waals surface area (Å²) in [6.07, 6.45) is -1.18. The van der Waals surface area contributed by atoms with Gasteiger partial charge in [0.05, 0.1) is 19.3 Å². The number of amides is 2. The van der Waals surface area contributed by atoms with Gasteiger partial charge in [-0.1, -0.05) is 30.3 Å². The van der Waals surface area contributed by atoms with Gasteiger partial charge >= 0.3 is 6.03 Å². The first-order valence-electron chi connectivity index (χ1n) is 6.73. The van der Waals surface area contributed by atoms with E-state index in [1.807, 2.05) is 30.3 Å². The van der Waals surface area contributed by atoms with Gasteiger partial charge in [-0.25, -0.2) is 4.79 Å². The molecule has 108 valence electrons. The van der Waals surface area contributed by atoms with Gasteiger partial charge in [-0.15, -0.1) is 0 Å². The minimum atomic E-state index is -0.598. The molecule has 0 aliphatic carbocycles. The summed E-state index contributed by atoms with van der Waals surface area (Å²) in [6.45, 7) is 1.10. The van der Waals surface area contributed by atoms with E-state index in [9.17, 15) is 9.90 Å². The molecule has 1 aromatic carbocycles. The Morgan fingerprint density at radius 1 is 1.20 bits per heavy atom. The molecule has 2 aliphatic heterocycles. The molecule has 4 atom stereocenters. The molecule has 2 amide bonds. The molecule has 4 unspecified atom stereocenters. The standard InChI is InChI=1S/C14H18N2O4/c17-11-8-20-12-10(7-19-13(11)12)16-14(18)15-6-9-4-2-1-3-5-9/h1-5,10-13,17H,6-8H2,(H2,15,16,18). The SMILES string of the molecule is O=C(NCc1ccccc1)NC1COC2C(O)COC12. The van der Waals surface area contributed by atoms with Crippen molar-refractivity contribution in [1.29, 1.82) is 0 Å². The van der Waals surface area contributed by atoms with Crippen LogP contribution in [0.15, 0.2) is 30.3 Å². The number of fused-ring (bicyclic) bond motifs is 1. The molecule has 6 nitrogen and oxygen atoms in total. The van der Waals surface area contributed by atoms with E-state index in [0.717, 1.165) is 5.56 Å². The summed E-state index contributed by atoms with van der Waals surface area (Å²) in [5, 5.41) is 15.2. The third kappa shape index (κ3) is 2.77. The Hall–Kier alpha value is -1.63. The van der Waals surface area contributed by atoms with Crippen LogP contribution in [0.1, 0.15) is 5.56 Å². The lowest BCUT2D eigenvalue weighted by Gasteiger charge is -2.17. The van der Waals surface area contributed by atoms with Crippen LogP contribution in [0.25, 0.3) is 0 Å². The quantitative estimate of drug-likeness (QED) is 0.728. The van der Waals surface area contributed by atoms with E-state index in [1.54, 1.807) is 0 Å². The number of aliphatic hydroxyl groups is 1. The van der Waals surface area contributed by atoms with Crippen molar-refractivity contribution in [3.63, 3.8) is 0 Å². The molecule has 20 heavy (non-hydrogen) atoms. The lowest BCUT2D eigenvalue weighted by Crippen LogP contribution is -2.48. The van der Waals surface area contributed by atoms with Gasteiger partial charge in [0, 0.05) is 6.54 Å². The van der Waals surface area contributed by atoms with Crippen molar-refractivity contribution < 1.29 is 19.4 Å². The molecule has 2 saturated heterocycles. The van der Waals surface area contributed by atoms with E-state index in [-0.39, 0.29) is 30.9 Å². The van der Waals surface area contributed by atoms with Crippen LogP contribution < -0.4 is 10.6 Å². The molecule has 2 heterocycles. The Morgan fingerprint density at radius 3 is 2.75 bits per heavy atom. The molecule has 1 aromatic rings. The number of hydrogen-bond donors (Lipinski definition) is 3. The van der Waals surface area contributed by atoms with Crippen LogP contribution in [0.2, 0.25) is 0 Å². The van der Waals surface area contributed by atoms with Crippen LogP contribution in [-0.2, 0) is 16.0 Å². The molecule has 0 radical (unpaired) electrons. The lowest BCUT2D eigenvalue weighted by molar-refractivity contribution is 0.0179. The molecular formula is C14H18N2O4. The third-order valence-corrected chi connectivity index (χ3v) is 3.64. The zero-order valence-electron chi connectivity index (χ0n) is 11.0. The second-order valence-electron chi connectivity index (χ2n) is 5.08. The molecule has 2 fully saturated rings. The van der Waals surface area contributed by atoms with Crippen molar-refractivity contribution in [3.05, 3.63) is 35.9 Å². The summed E-state index contributed by atoms with van der Waals surface area (Å²) in [4.78, 5) is 11.8. The zero-order valence-corrected chi connectivity index (χ0v) is 11.0. The number of carbonyl (C=O) groups is 1. The number of rotatable bonds is 3. The van der Waals surface area contributed by atoms with Gasteiger partial charge in [0.2, 0.25) is 0 Å². The summed E-state index contributed by atoms with van der Waals surface area (Å²) in [6, 6.07) is 9.22. The first kappa shape index (κ1) is 13.4. The number of ether oxygens (including phenoxy) is 2. The van der Waals surface area contributed by atoms with Crippen molar-refractivity contribution in [1.82, 2.24) is 10.6 Å². The van der Waals surface area contributed by atoms with Gasteiger partial charge in [-0.3, -0.25) is 0 Å². The van der Waals surface area contributed by atoms with E-state index in [0.29, 0.717) is 13.2 Å². The van der Waals surface area contributed by atoms with Gasteiger partial charge in [0.1, 0.15) is 18.3 Å². The fraction of sp³-hybridized carbons (Fsp3) is 0.500. The van der Waals surface area contributed by atoms with Crippen LogP contribution in [0, 0.1) is 0 Å². The first-order valence-corrected chi connectivity index (χ1v) is 6.73. The Bertz CT molecular complexity index is 468. The van der Waals surface area contributed by atoms with E-state index < -0.39 is 6.10 Å². The lowest BCUT2D eigenvalue weighted by atomic mass is 10.1. The van der Waals surface area contributed by atoms with Crippen LogP contribution in [0.3, 0.4) is 0 Å². The summed E-state index contributed by atoms with van der Waals surface area (Å²) in [5.74, 6) is 0. The van der Waals surface area contributed by atoms with Gasteiger partial charge in [-0.05, 0) is 5.56 Å². The Labute approximate surface area is 117 Å². The Morgan fingerprint density at radius 2 is 1.95 bits per heavy atom. The molecule has 3 rings (SSSR count). The maximum Gasteiger partial charge on any atom is 0.315 e.